The van der Waals surface area contributed by atoms with E-state index in [1.54, 1.807) is 0 Å². The molecular weight excluding hydrogens is 312 g/mol. The number of halogens is 1. The fraction of sp³-hybridized carbons (Fsp3) is 0.611. The molecule has 2 N–H and O–H groups in total. The van der Waals surface area contributed by atoms with E-state index in [9.17, 15) is 4.79 Å². The third-order valence-corrected chi connectivity index (χ3v) is 4.17. The third kappa shape index (κ3) is 7.23. The topological polar surface area (TPSA) is 50.4 Å². The number of hydrogen-bond acceptors (Lipinski definition) is 3. The molecule has 0 saturated carbocycles. The quantitative estimate of drug-likeness (QED) is 0.801. The van der Waals surface area contributed by atoms with Crippen molar-refractivity contribution >= 4 is 18.3 Å². The van der Waals surface area contributed by atoms with Crippen LogP contribution < -0.4 is 15.4 Å². The van der Waals surface area contributed by atoms with Gasteiger partial charge in [0.1, 0.15) is 5.75 Å². The van der Waals surface area contributed by atoms with E-state index in [4.69, 9.17) is 4.74 Å². The second kappa shape index (κ2) is 10.5. The van der Waals surface area contributed by atoms with Crippen molar-refractivity contribution in [3.05, 3.63) is 29.8 Å². The predicted molar refractivity (Wildman–Crippen MR) is 96.5 cm³/mol. The molecule has 5 heteroatoms. The van der Waals surface area contributed by atoms with Crippen molar-refractivity contribution in [1.29, 1.82) is 0 Å². The minimum absolute atomic E-state index is 0. The first-order valence-corrected chi connectivity index (χ1v) is 8.35. The summed E-state index contributed by atoms with van der Waals surface area (Å²) in [5.74, 6) is 1.87. The zero-order chi connectivity index (χ0) is 15.8. The summed E-state index contributed by atoms with van der Waals surface area (Å²) in [5, 5.41) is 6.34. The monoisotopic (exact) mass is 340 g/mol. The number of ether oxygens (including phenoxy) is 1. The van der Waals surface area contributed by atoms with Crippen LogP contribution in [0.15, 0.2) is 24.3 Å². The number of carbonyl (C=O) groups excluding carboxylic acids is 1. The van der Waals surface area contributed by atoms with Gasteiger partial charge < -0.3 is 15.4 Å². The average molecular weight is 341 g/mol. The van der Waals surface area contributed by atoms with Crippen LogP contribution >= 0.6 is 12.4 Å². The van der Waals surface area contributed by atoms with Crippen molar-refractivity contribution in [2.75, 3.05) is 26.2 Å². The highest BCUT2D eigenvalue weighted by Gasteiger charge is 2.13. The summed E-state index contributed by atoms with van der Waals surface area (Å²) in [6.07, 6.45) is 3.55. The average Bonchev–Trinajstić information content (AvgIpc) is 2.54. The van der Waals surface area contributed by atoms with E-state index >= 15 is 0 Å². The summed E-state index contributed by atoms with van der Waals surface area (Å²) in [5.41, 5.74) is 1.22. The van der Waals surface area contributed by atoms with Crippen molar-refractivity contribution in [2.24, 2.45) is 5.92 Å². The first kappa shape index (κ1) is 19.8. The molecule has 130 valence electrons. The third-order valence-electron chi connectivity index (χ3n) is 4.17. The van der Waals surface area contributed by atoms with Crippen molar-refractivity contribution in [3.63, 3.8) is 0 Å². The number of rotatable bonds is 7. The molecule has 1 saturated heterocycles. The zero-order valence-corrected chi connectivity index (χ0v) is 15.0. The molecule has 0 spiro atoms. The Balaban J connectivity index is 0.00000264. The van der Waals surface area contributed by atoms with Crippen LogP contribution in [-0.2, 0) is 4.79 Å². The lowest BCUT2D eigenvalue weighted by Gasteiger charge is -2.22. The molecule has 23 heavy (non-hydrogen) atoms. The van der Waals surface area contributed by atoms with Gasteiger partial charge in [0.2, 0.25) is 0 Å². The Kier molecular flexibility index (Phi) is 9.03. The molecule has 2 rings (SSSR count). The van der Waals surface area contributed by atoms with Crippen LogP contribution in [0.4, 0.5) is 0 Å². The Morgan fingerprint density at radius 1 is 1.43 bits per heavy atom. The van der Waals surface area contributed by atoms with E-state index in [0.717, 1.165) is 31.8 Å². The van der Waals surface area contributed by atoms with E-state index in [1.165, 1.54) is 18.4 Å². The second-order valence-corrected chi connectivity index (χ2v) is 6.37. The Hall–Kier alpha value is -1.26. The second-order valence-electron chi connectivity index (χ2n) is 6.37. The maximum Gasteiger partial charge on any atom is 0.257 e. The molecule has 4 nitrogen and oxygen atoms in total. The summed E-state index contributed by atoms with van der Waals surface area (Å²) < 4.78 is 5.58. The van der Waals surface area contributed by atoms with E-state index in [0.29, 0.717) is 11.8 Å². The van der Waals surface area contributed by atoms with Gasteiger partial charge in [-0.2, -0.15) is 0 Å². The van der Waals surface area contributed by atoms with Gasteiger partial charge in [-0.1, -0.05) is 26.0 Å². The fourth-order valence-electron chi connectivity index (χ4n) is 2.75. The molecule has 1 heterocycles. The molecule has 1 amide bonds. The number of hydrogen-bond donors (Lipinski definition) is 2. The lowest BCUT2D eigenvalue weighted by atomic mass is 9.96. The SMILES string of the molecule is CC(C)c1cccc(OCC(=O)NCCC2CCCNC2)c1.Cl. The predicted octanol–water partition coefficient (Wildman–Crippen LogP) is 3.12. The zero-order valence-electron chi connectivity index (χ0n) is 14.1. The number of carbonyl (C=O) groups is 1. The Bertz CT molecular complexity index is 474. The highest BCUT2D eigenvalue weighted by Crippen LogP contribution is 2.20. The summed E-state index contributed by atoms with van der Waals surface area (Å²) >= 11 is 0. The normalized spacial score (nSPS) is 17.4. The van der Waals surface area contributed by atoms with Gasteiger partial charge in [0.25, 0.3) is 5.91 Å². The maximum absolute atomic E-state index is 11.8. The summed E-state index contributed by atoms with van der Waals surface area (Å²) in [6.45, 7) is 7.32. The number of benzene rings is 1. The molecule has 1 aromatic rings. The van der Waals surface area contributed by atoms with Gasteiger partial charge in [0.05, 0.1) is 0 Å². The highest BCUT2D eigenvalue weighted by molar-refractivity contribution is 5.85. The van der Waals surface area contributed by atoms with Crippen LogP contribution in [0.25, 0.3) is 0 Å². The van der Waals surface area contributed by atoms with E-state index < -0.39 is 0 Å². The van der Waals surface area contributed by atoms with Gasteiger partial charge >= 0.3 is 0 Å². The van der Waals surface area contributed by atoms with Gasteiger partial charge in [0.15, 0.2) is 6.61 Å². The first-order valence-electron chi connectivity index (χ1n) is 8.35. The minimum Gasteiger partial charge on any atom is -0.484 e. The van der Waals surface area contributed by atoms with E-state index in [1.807, 2.05) is 18.2 Å². The molecule has 1 fully saturated rings. The molecule has 0 radical (unpaired) electrons. The maximum atomic E-state index is 11.8. The molecular formula is C18H29ClN2O2. The van der Waals surface area contributed by atoms with Crippen LogP contribution in [-0.4, -0.2) is 32.1 Å². The standard InChI is InChI=1S/C18H28N2O2.ClH/c1-14(2)16-6-3-7-17(11-16)22-13-18(21)20-10-8-15-5-4-9-19-12-15;/h3,6-7,11,14-15,19H,4-5,8-10,12-13H2,1-2H3,(H,20,21);1H. The highest BCUT2D eigenvalue weighted by atomic mass is 35.5. The molecule has 0 aromatic heterocycles. The lowest BCUT2D eigenvalue weighted by molar-refractivity contribution is -0.123. The van der Waals surface area contributed by atoms with Crippen LogP contribution in [0, 0.1) is 5.92 Å². The Labute approximate surface area is 145 Å². The fourth-order valence-corrected chi connectivity index (χ4v) is 2.75. The van der Waals surface area contributed by atoms with E-state index in [2.05, 4.69) is 30.5 Å². The minimum atomic E-state index is -0.0429. The number of amides is 1. The molecule has 1 aliphatic heterocycles. The lowest BCUT2D eigenvalue weighted by Crippen LogP contribution is -2.34. The van der Waals surface area contributed by atoms with Crippen LogP contribution in [0.5, 0.6) is 5.75 Å². The van der Waals surface area contributed by atoms with Gasteiger partial charge in [0, 0.05) is 6.54 Å². The van der Waals surface area contributed by atoms with Crippen molar-refractivity contribution in [1.82, 2.24) is 10.6 Å². The van der Waals surface area contributed by atoms with Gasteiger partial charge in [-0.3, -0.25) is 4.79 Å². The molecule has 1 atom stereocenters. The van der Waals surface area contributed by atoms with Gasteiger partial charge in [-0.15, -0.1) is 12.4 Å². The molecule has 1 aliphatic rings. The summed E-state index contributed by atoms with van der Waals surface area (Å²) in [7, 11) is 0. The van der Waals surface area contributed by atoms with Crippen LogP contribution in [0.3, 0.4) is 0 Å². The van der Waals surface area contributed by atoms with Gasteiger partial charge in [-0.25, -0.2) is 0 Å². The summed E-state index contributed by atoms with van der Waals surface area (Å²) in [4.78, 5) is 11.8. The van der Waals surface area contributed by atoms with Crippen molar-refractivity contribution in [3.8, 4) is 5.75 Å². The smallest absolute Gasteiger partial charge is 0.257 e. The van der Waals surface area contributed by atoms with Crippen LogP contribution in [0.1, 0.15) is 44.6 Å². The Morgan fingerprint density at radius 3 is 2.96 bits per heavy atom. The first-order chi connectivity index (χ1) is 10.6. The molecule has 0 aliphatic carbocycles. The van der Waals surface area contributed by atoms with Gasteiger partial charge in [-0.05, 0) is 61.9 Å². The largest absolute Gasteiger partial charge is 0.484 e. The van der Waals surface area contributed by atoms with Crippen molar-refractivity contribution < 1.29 is 9.53 Å². The molecule has 1 unspecified atom stereocenters. The van der Waals surface area contributed by atoms with E-state index in [-0.39, 0.29) is 24.9 Å². The molecule has 0 bridgehead atoms. The van der Waals surface area contributed by atoms with Crippen molar-refractivity contribution in [2.45, 2.75) is 39.0 Å². The number of piperidine rings is 1. The molecule has 1 aromatic carbocycles. The summed E-state index contributed by atoms with van der Waals surface area (Å²) in [6, 6.07) is 7.95. The van der Waals surface area contributed by atoms with Crippen LogP contribution in [0.2, 0.25) is 0 Å². The Morgan fingerprint density at radius 2 is 2.26 bits per heavy atom. The number of nitrogens with one attached hydrogen (secondary N) is 2.